The lowest BCUT2D eigenvalue weighted by molar-refractivity contribution is 0.192. The molecule has 0 spiro atoms. The fourth-order valence-corrected chi connectivity index (χ4v) is 0.983. The lowest BCUT2D eigenvalue weighted by atomic mass is 10.3. The molecular formula is C7H11N2O. The molecule has 3 heteroatoms. The van der Waals surface area contributed by atoms with Gasteiger partial charge in [0.15, 0.2) is 12.1 Å². The summed E-state index contributed by atoms with van der Waals surface area (Å²) in [5.74, 6) is 1.66. The molecule has 1 radical (unpaired) electrons. The van der Waals surface area contributed by atoms with Crippen LogP contribution in [0.15, 0.2) is 0 Å². The highest BCUT2D eigenvalue weighted by Gasteiger charge is 2.09. The first-order valence-electron chi connectivity index (χ1n) is 3.39. The van der Waals surface area contributed by atoms with Crippen LogP contribution in [0.4, 0.5) is 0 Å². The predicted molar refractivity (Wildman–Crippen MR) is 38.0 cm³/mol. The van der Waals surface area contributed by atoms with Crippen LogP contribution >= 0.6 is 0 Å². The van der Waals surface area contributed by atoms with E-state index in [1.165, 1.54) is 0 Å². The van der Waals surface area contributed by atoms with Crippen LogP contribution in [0.3, 0.4) is 0 Å². The van der Waals surface area contributed by atoms with E-state index >= 15 is 0 Å². The van der Waals surface area contributed by atoms with E-state index in [0.717, 1.165) is 26.2 Å². The van der Waals surface area contributed by atoms with Gasteiger partial charge in [0.1, 0.15) is 0 Å². The van der Waals surface area contributed by atoms with E-state index in [1.807, 2.05) is 4.90 Å². The Labute approximate surface area is 60.9 Å². The summed E-state index contributed by atoms with van der Waals surface area (Å²) in [6.45, 7) is 3.81. The van der Waals surface area contributed by atoms with Gasteiger partial charge in [0.25, 0.3) is 0 Å². The standard InChI is InChI=1S/C7H11N2O/c1-8-2-4-9(5-3-8)6-7-10/h2-5H2,1H3. The van der Waals surface area contributed by atoms with E-state index < -0.39 is 0 Å². The molecule has 0 aromatic heterocycles. The van der Waals surface area contributed by atoms with E-state index in [0.29, 0.717) is 0 Å². The van der Waals surface area contributed by atoms with E-state index in [9.17, 15) is 4.79 Å². The molecule has 10 heavy (non-hydrogen) atoms. The van der Waals surface area contributed by atoms with Gasteiger partial charge in [0.05, 0.1) is 0 Å². The summed E-state index contributed by atoms with van der Waals surface area (Å²) < 4.78 is 0. The van der Waals surface area contributed by atoms with Gasteiger partial charge in [0, 0.05) is 26.2 Å². The Balaban J connectivity index is 2.32. The number of hydrogen-bond donors (Lipinski definition) is 0. The molecule has 0 amide bonds. The minimum Gasteiger partial charge on any atom is -0.358 e. The Hall–Kier alpha value is -0.790. The molecule has 1 saturated heterocycles. The van der Waals surface area contributed by atoms with Gasteiger partial charge in [-0.3, -0.25) is 0 Å². The second kappa shape index (κ2) is 3.40. The third-order valence-corrected chi connectivity index (χ3v) is 1.71. The molecule has 0 bridgehead atoms. The van der Waals surface area contributed by atoms with Crippen molar-refractivity contribution < 1.29 is 4.79 Å². The fraction of sp³-hybridized carbons (Fsp3) is 0.714. The Morgan fingerprint density at radius 2 is 1.80 bits per heavy atom. The Morgan fingerprint density at radius 1 is 1.20 bits per heavy atom. The Kier molecular flexibility index (Phi) is 2.49. The highest BCUT2D eigenvalue weighted by Crippen LogP contribution is 1.96. The number of likely N-dealkylation sites (N-methyl/N-ethyl adjacent to an activating group) is 1. The van der Waals surface area contributed by atoms with Crippen LogP contribution in [0, 0.1) is 6.20 Å². The lowest BCUT2D eigenvalue weighted by Crippen LogP contribution is -2.42. The summed E-state index contributed by atoms with van der Waals surface area (Å²) in [6.07, 6.45) is 2.51. The SMILES string of the molecule is CN1CCN([C]=C=O)CC1. The topological polar surface area (TPSA) is 23.6 Å². The van der Waals surface area contributed by atoms with E-state index in [4.69, 9.17) is 0 Å². The molecule has 0 aromatic rings. The average Bonchev–Trinajstić information content (AvgIpc) is 1.95. The molecule has 0 unspecified atom stereocenters. The minimum atomic E-state index is 0.895. The zero-order valence-electron chi connectivity index (χ0n) is 6.13. The maximum Gasteiger partial charge on any atom is 0.158 e. The number of carbonyl (C=O) groups excluding carboxylic acids is 1. The molecule has 0 aliphatic carbocycles. The summed E-state index contributed by atoms with van der Waals surface area (Å²) in [6, 6.07) is 0. The minimum absolute atomic E-state index is 0.895. The number of rotatable bonds is 1. The normalized spacial score (nSPS) is 20.3. The van der Waals surface area contributed by atoms with Gasteiger partial charge in [-0.25, -0.2) is 4.79 Å². The molecule has 1 aliphatic heterocycles. The van der Waals surface area contributed by atoms with E-state index in [2.05, 4.69) is 18.1 Å². The van der Waals surface area contributed by atoms with Crippen molar-refractivity contribution in [3.05, 3.63) is 6.20 Å². The largest absolute Gasteiger partial charge is 0.358 e. The van der Waals surface area contributed by atoms with Crippen LogP contribution in [-0.4, -0.2) is 49.0 Å². The van der Waals surface area contributed by atoms with Crippen LogP contribution < -0.4 is 0 Å². The number of piperazine rings is 1. The summed E-state index contributed by atoms with van der Waals surface area (Å²) in [5.41, 5.74) is 0. The molecule has 1 fully saturated rings. The molecule has 0 aromatic carbocycles. The molecule has 3 nitrogen and oxygen atoms in total. The zero-order valence-corrected chi connectivity index (χ0v) is 6.13. The third kappa shape index (κ3) is 1.87. The first-order chi connectivity index (χ1) is 4.83. The van der Waals surface area contributed by atoms with Crippen molar-refractivity contribution in [1.82, 2.24) is 9.80 Å². The van der Waals surface area contributed by atoms with Gasteiger partial charge >= 0.3 is 0 Å². The first-order valence-corrected chi connectivity index (χ1v) is 3.39. The highest BCUT2D eigenvalue weighted by atomic mass is 16.1. The fourth-order valence-electron chi connectivity index (χ4n) is 0.983. The molecule has 55 valence electrons. The summed E-state index contributed by atoms with van der Waals surface area (Å²) in [4.78, 5) is 14.0. The zero-order chi connectivity index (χ0) is 7.40. The molecule has 0 atom stereocenters. The molecule has 0 saturated carbocycles. The van der Waals surface area contributed by atoms with Crippen molar-refractivity contribution in [3.8, 4) is 0 Å². The van der Waals surface area contributed by atoms with Gasteiger partial charge in [-0.15, -0.1) is 0 Å². The van der Waals surface area contributed by atoms with Crippen molar-refractivity contribution >= 4 is 5.94 Å². The highest BCUT2D eigenvalue weighted by molar-refractivity contribution is 5.40. The van der Waals surface area contributed by atoms with Gasteiger partial charge < -0.3 is 9.80 Å². The number of nitrogens with zero attached hydrogens (tertiary/aromatic N) is 2. The molecule has 0 N–H and O–H groups in total. The molecule has 1 heterocycles. The third-order valence-electron chi connectivity index (χ3n) is 1.71. The van der Waals surface area contributed by atoms with Crippen molar-refractivity contribution in [2.75, 3.05) is 33.2 Å². The monoisotopic (exact) mass is 139 g/mol. The van der Waals surface area contributed by atoms with Crippen molar-refractivity contribution in [1.29, 1.82) is 0 Å². The summed E-state index contributed by atoms with van der Waals surface area (Å²) >= 11 is 0. The average molecular weight is 139 g/mol. The van der Waals surface area contributed by atoms with Gasteiger partial charge in [-0.05, 0) is 7.05 Å². The van der Waals surface area contributed by atoms with Crippen LogP contribution in [-0.2, 0) is 4.79 Å². The molecular weight excluding hydrogens is 128 g/mol. The molecule has 1 rings (SSSR count). The summed E-state index contributed by atoms with van der Waals surface area (Å²) in [5, 5.41) is 0. The smallest absolute Gasteiger partial charge is 0.158 e. The second-order valence-corrected chi connectivity index (χ2v) is 2.50. The van der Waals surface area contributed by atoms with Crippen molar-refractivity contribution in [3.63, 3.8) is 0 Å². The van der Waals surface area contributed by atoms with Crippen LogP contribution in [0.2, 0.25) is 0 Å². The van der Waals surface area contributed by atoms with Crippen molar-refractivity contribution in [2.45, 2.75) is 0 Å². The number of hydrogen-bond acceptors (Lipinski definition) is 3. The van der Waals surface area contributed by atoms with Gasteiger partial charge in [-0.2, -0.15) is 0 Å². The van der Waals surface area contributed by atoms with E-state index in [-0.39, 0.29) is 0 Å². The Bertz CT molecular complexity index is 144. The quantitative estimate of drug-likeness (QED) is 0.452. The Morgan fingerprint density at radius 3 is 2.30 bits per heavy atom. The predicted octanol–water partition coefficient (Wildman–Crippen LogP) is -0.618. The van der Waals surface area contributed by atoms with Crippen molar-refractivity contribution in [2.24, 2.45) is 0 Å². The van der Waals surface area contributed by atoms with E-state index in [1.54, 1.807) is 5.94 Å². The second-order valence-electron chi connectivity index (χ2n) is 2.50. The molecule has 1 aliphatic rings. The first kappa shape index (κ1) is 7.32. The summed E-state index contributed by atoms with van der Waals surface area (Å²) in [7, 11) is 2.07. The van der Waals surface area contributed by atoms with Gasteiger partial charge in [-0.1, -0.05) is 0 Å². The van der Waals surface area contributed by atoms with Crippen LogP contribution in [0.5, 0.6) is 0 Å². The van der Waals surface area contributed by atoms with Gasteiger partial charge in [0.2, 0.25) is 0 Å². The maximum absolute atomic E-state index is 9.86. The van der Waals surface area contributed by atoms with Crippen LogP contribution in [0.25, 0.3) is 0 Å². The maximum atomic E-state index is 9.86. The lowest BCUT2D eigenvalue weighted by Gasteiger charge is -2.29. The van der Waals surface area contributed by atoms with Crippen LogP contribution in [0.1, 0.15) is 0 Å².